The monoisotopic (exact) mass is 406 g/mol. The van der Waals surface area contributed by atoms with E-state index in [1.165, 1.54) is 0 Å². The van der Waals surface area contributed by atoms with Gasteiger partial charge in [0.15, 0.2) is 11.6 Å². The third-order valence-corrected chi connectivity index (χ3v) is 7.16. The molecule has 3 aliphatic rings. The Kier molecular flexibility index (Phi) is 4.75. The summed E-state index contributed by atoms with van der Waals surface area (Å²) in [5, 5.41) is 10.4. The lowest BCUT2D eigenvalue weighted by Gasteiger charge is -2.26. The second-order valence-corrected chi connectivity index (χ2v) is 8.73. The van der Waals surface area contributed by atoms with E-state index in [4.69, 9.17) is 9.47 Å². The summed E-state index contributed by atoms with van der Waals surface area (Å²) in [6.07, 6.45) is 0.810. The molecule has 5 rings (SSSR count). The average molecular weight is 406 g/mol. The van der Waals surface area contributed by atoms with E-state index in [2.05, 4.69) is 0 Å². The number of ether oxygens (including phenoxy) is 2. The zero-order valence-corrected chi connectivity index (χ0v) is 17.1. The fourth-order valence-corrected chi connectivity index (χ4v) is 5.18. The molecule has 1 unspecified atom stereocenters. The van der Waals surface area contributed by atoms with Crippen LogP contribution in [0, 0.1) is 17.8 Å². The first-order valence-electron chi connectivity index (χ1n) is 10.7. The van der Waals surface area contributed by atoms with Gasteiger partial charge in [-0.15, -0.1) is 0 Å². The van der Waals surface area contributed by atoms with Crippen molar-refractivity contribution < 1.29 is 24.2 Å². The SMILES string of the molecule is CCC(=O)c1cc(C(=O)CC2[C@H]3COC[C@@H]23)cc2c1OC[C@]2(CO)c1ccccc1. The molecule has 5 heteroatoms. The van der Waals surface area contributed by atoms with Crippen LogP contribution in [-0.2, 0) is 10.2 Å². The summed E-state index contributed by atoms with van der Waals surface area (Å²) in [5.41, 5.74) is 1.86. The summed E-state index contributed by atoms with van der Waals surface area (Å²) >= 11 is 0. The van der Waals surface area contributed by atoms with Crippen LogP contribution in [0.1, 0.15) is 51.6 Å². The van der Waals surface area contributed by atoms with E-state index in [1.54, 1.807) is 13.0 Å². The summed E-state index contributed by atoms with van der Waals surface area (Å²) in [7, 11) is 0. The lowest BCUT2D eigenvalue weighted by molar-refractivity contribution is 0.0950. The standard InChI is InChI=1S/C25H26O5/c1-2-22(27)18-8-15(23(28)10-17-19-11-29-12-20(17)19)9-21-24(18)30-14-25(21,13-26)16-6-4-3-5-7-16/h3-9,17,19-20,26H,2,10-14H2,1H3/t17?,19-,20+,25-/m1/s1. The van der Waals surface area contributed by atoms with E-state index >= 15 is 0 Å². The number of hydrogen-bond donors (Lipinski definition) is 1. The highest BCUT2D eigenvalue weighted by molar-refractivity contribution is 6.04. The Balaban J connectivity index is 1.57. The van der Waals surface area contributed by atoms with Gasteiger partial charge in [-0.25, -0.2) is 0 Å². The van der Waals surface area contributed by atoms with E-state index in [1.807, 2.05) is 36.4 Å². The maximum Gasteiger partial charge on any atom is 0.166 e. The van der Waals surface area contributed by atoms with Crippen molar-refractivity contribution in [3.8, 4) is 5.75 Å². The van der Waals surface area contributed by atoms with Crippen LogP contribution >= 0.6 is 0 Å². The van der Waals surface area contributed by atoms with E-state index in [0.29, 0.717) is 47.5 Å². The summed E-state index contributed by atoms with van der Waals surface area (Å²) in [4.78, 5) is 25.9. The van der Waals surface area contributed by atoms with Crippen LogP contribution in [0.5, 0.6) is 5.75 Å². The Morgan fingerprint density at radius 3 is 2.50 bits per heavy atom. The van der Waals surface area contributed by atoms with Gasteiger partial charge < -0.3 is 14.6 Å². The van der Waals surface area contributed by atoms with Gasteiger partial charge in [-0.1, -0.05) is 37.3 Å². The quantitative estimate of drug-likeness (QED) is 0.714. The molecule has 0 amide bonds. The highest BCUT2D eigenvalue weighted by Gasteiger charge is 2.54. The Morgan fingerprint density at radius 2 is 1.83 bits per heavy atom. The molecule has 1 saturated heterocycles. The van der Waals surface area contributed by atoms with E-state index < -0.39 is 5.41 Å². The van der Waals surface area contributed by atoms with Gasteiger partial charge in [0, 0.05) is 24.0 Å². The van der Waals surface area contributed by atoms with Crippen LogP contribution in [0.25, 0.3) is 0 Å². The molecule has 2 aliphatic heterocycles. The first-order valence-corrected chi connectivity index (χ1v) is 10.7. The van der Waals surface area contributed by atoms with Gasteiger partial charge in [0.25, 0.3) is 0 Å². The number of hydrogen-bond acceptors (Lipinski definition) is 5. The first-order chi connectivity index (χ1) is 14.6. The highest BCUT2D eigenvalue weighted by Crippen LogP contribution is 2.53. The zero-order chi connectivity index (χ0) is 20.9. The molecule has 0 aromatic heterocycles. The number of Topliss-reactive ketones (excluding diaryl/α,β-unsaturated/α-hetero) is 2. The molecule has 2 heterocycles. The lowest BCUT2D eigenvalue weighted by Crippen LogP contribution is -2.33. The van der Waals surface area contributed by atoms with Crippen molar-refractivity contribution in [1.82, 2.24) is 0 Å². The van der Waals surface area contributed by atoms with Crippen LogP contribution in [-0.4, -0.2) is 43.1 Å². The number of benzene rings is 2. The smallest absolute Gasteiger partial charge is 0.166 e. The minimum absolute atomic E-state index is 0.0501. The molecule has 30 heavy (non-hydrogen) atoms. The van der Waals surface area contributed by atoms with E-state index in [0.717, 1.165) is 24.3 Å². The molecule has 156 valence electrons. The van der Waals surface area contributed by atoms with E-state index in [9.17, 15) is 14.7 Å². The van der Waals surface area contributed by atoms with Crippen LogP contribution in [0.4, 0.5) is 0 Å². The molecule has 0 radical (unpaired) electrons. The maximum atomic E-state index is 13.2. The van der Waals surface area contributed by atoms with Crippen molar-refractivity contribution in [2.75, 3.05) is 26.4 Å². The molecule has 0 bridgehead atoms. The molecule has 5 nitrogen and oxygen atoms in total. The van der Waals surface area contributed by atoms with Crippen LogP contribution in [0.2, 0.25) is 0 Å². The molecule has 1 saturated carbocycles. The maximum absolute atomic E-state index is 13.2. The van der Waals surface area contributed by atoms with Gasteiger partial charge >= 0.3 is 0 Å². The van der Waals surface area contributed by atoms with Gasteiger partial charge in [-0.2, -0.15) is 0 Å². The normalized spacial score (nSPS) is 28.5. The fraction of sp³-hybridized carbons (Fsp3) is 0.440. The van der Waals surface area contributed by atoms with Gasteiger partial charge in [-0.05, 0) is 35.4 Å². The van der Waals surface area contributed by atoms with Crippen molar-refractivity contribution in [1.29, 1.82) is 0 Å². The van der Waals surface area contributed by atoms with Gasteiger partial charge in [0.2, 0.25) is 0 Å². The lowest BCUT2D eigenvalue weighted by atomic mass is 9.75. The van der Waals surface area contributed by atoms with Crippen molar-refractivity contribution in [3.05, 3.63) is 64.7 Å². The predicted molar refractivity (Wildman–Crippen MR) is 111 cm³/mol. The molecular weight excluding hydrogens is 380 g/mol. The summed E-state index contributed by atoms with van der Waals surface area (Å²) in [5.74, 6) is 1.90. The Bertz CT molecular complexity index is 988. The second-order valence-electron chi connectivity index (χ2n) is 8.73. The minimum Gasteiger partial charge on any atom is -0.491 e. The van der Waals surface area contributed by atoms with Gasteiger partial charge in [0.1, 0.15) is 12.4 Å². The van der Waals surface area contributed by atoms with Gasteiger partial charge in [0.05, 0.1) is 30.8 Å². The third-order valence-electron chi connectivity index (χ3n) is 7.16. The van der Waals surface area contributed by atoms with Crippen LogP contribution in [0.3, 0.4) is 0 Å². The second kappa shape index (κ2) is 7.33. The number of carbonyl (C=O) groups is 2. The summed E-state index contributed by atoms with van der Waals surface area (Å²) in [6, 6.07) is 13.2. The Morgan fingerprint density at radius 1 is 1.10 bits per heavy atom. The summed E-state index contributed by atoms with van der Waals surface area (Å²) < 4.78 is 11.4. The van der Waals surface area contributed by atoms with Crippen LogP contribution in [0.15, 0.2) is 42.5 Å². The molecule has 2 fully saturated rings. The number of rotatable bonds is 7. The Labute approximate surface area is 176 Å². The zero-order valence-electron chi connectivity index (χ0n) is 17.1. The Hall–Kier alpha value is -2.50. The molecular formula is C25H26O5. The molecule has 1 aliphatic carbocycles. The fourth-order valence-electron chi connectivity index (χ4n) is 5.18. The molecule has 2 aromatic carbocycles. The number of aliphatic hydroxyl groups excluding tert-OH is 1. The topological polar surface area (TPSA) is 72.8 Å². The van der Waals surface area contributed by atoms with Crippen molar-refractivity contribution in [2.24, 2.45) is 17.8 Å². The third kappa shape index (κ3) is 2.91. The highest BCUT2D eigenvalue weighted by atomic mass is 16.5. The number of fused-ring (bicyclic) bond motifs is 2. The largest absolute Gasteiger partial charge is 0.491 e. The molecule has 2 aromatic rings. The molecule has 1 N–H and O–H groups in total. The minimum atomic E-state index is -0.778. The summed E-state index contributed by atoms with van der Waals surface area (Å²) in [6.45, 7) is 3.39. The van der Waals surface area contributed by atoms with E-state index in [-0.39, 0.29) is 24.8 Å². The predicted octanol–water partition coefficient (Wildman–Crippen LogP) is 3.42. The number of carbonyl (C=O) groups excluding carboxylic acids is 2. The average Bonchev–Trinajstić information content (AvgIpc) is 3.14. The molecule has 4 atom stereocenters. The number of aliphatic hydroxyl groups is 1. The van der Waals surface area contributed by atoms with Gasteiger partial charge in [-0.3, -0.25) is 9.59 Å². The number of ketones is 2. The first kappa shape index (κ1) is 19.5. The van der Waals surface area contributed by atoms with Crippen molar-refractivity contribution >= 4 is 11.6 Å². The van der Waals surface area contributed by atoms with Crippen molar-refractivity contribution in [2.45, 2.75) is 25.2 Å². The van der Waals surface area contributed by atoms with Crippen LogP contribution < -0.4 is 4.74 Å². The van der Waals surface area contributed by atoms with Crippen molar-refractivity contribution in [3.63, 3.8) is 0 Å². The molecule has 0 spiro atoms.